The van der Waals surface area contributed by atoms with Gasteiger partial charge in [-0.3, -0.25) is 4.79 Å². The van der Waals surface area contributed by atoms with Gasteiger partial charge in [-0.1, -0.05) is 12.1 Å². The molecule has 1 saturated carbocycles. The summed E-state index contributed by atoms with van der Waals surface area (Å²) in [5.74, 6) is -0.531. The van der Waals surface area contributed by atoms with Crippen molar-refractivity contribution in [2.24, 2.45) is 0 Å². The predicted octanol–water partition coefficient (Wildman–Crippen LogP) is 2.38. The number of nitrogens with one attached hydrogen (secondary N) is 1. The number of carbonyl (C=O) groups is 1. The van der Waals surface area contributed by atoms with Crippen LogP contribution in [0.1, 0.15) is 23.8 Å². The van der Waals surface area contributed by atoms with E-state index in [4.69, 9.17) is 11.6 Å². The van der Waals surface area contributed by atoms with E-state index >= 15 is 0 Å². The third-order valence-electron chi connectivity index (χ3n) is 2.32. The molecule has 15 heavy (non-hydrogen) atoms. The lowest BCUT2D eigenvalue weighted by Gasteiger charge is -2.09. The lowest BCUT2D eigenvalue weighted by atomic mass is 10.1. The van der Waals surface area contributed by atoms with Crippen LogP contribution in [0, 0.1) is 5.82 Å². The summed E-state index contributed by atoms with van der Waals surface area (Å²) in [4.78, 5) is 11.5. The second kappa shape index (κ2) is 4.19. The summed E-state index contributed by atoms with van der Waals surface area (Å²) < 4.78 is 12.6. The van der Waals surface area contributed by atoms with E-state index in [0.717, 1.165) is 12.8 Å². The Balaban J connectivity index is 2.02. The molecule has 0 saturated heterocycles. The Bertz CT molecular complexity index is 361. The van der Waals surface area contributed by atoms with E-state index in [1.165, 1.54) is 24.3 Å². The first kappa shape index (κ1) is 10.4. The lowest BCUT2D eigenvalue weighted by Crippen LogP contribution is -2.28. The van der Waals surface area contributed by atoms with Crippen molar-refractivity contribution in [3.05, 3.63) is 35.6 Å². The van der Waals surface area contributed by atoms with Crippen LogP contribution >= 0.6 is 11.6 Å². The zero-order valence-corrected chi connectivity index (χ0v) is 8.80. The molecule has 2 nitrogen and oxygen atoms in total. The number of rotatable bonds is 3. The summed E-state index contributed by atoms with van der Waals surface area (Å²) in [6.07, 6.45) is 2.05. The monoisotopic (exact) mass is 227 g/mol. The highest BCUT2D eigenvalue weighted by molar-refractivity contribution is 6.30. The average Bonchev–Trinajstić information content (AvgIpc) is 3.02. The van der Waals surface area contributed by atoms with E-state index in [1.54, 1.807) is 0 Å². The molecule has 1 aliphatic rings. The van der Waals surface area contributed by atoms with Crippen molar-refractivity contribution in [2.45, 2.75) is 24.3 Å². The Labute approximate surface area is 92.4 Å². The highest BCUT2D eigenvalue weighted by Crippen LogP contribution is 2.24. The molecule has 2 rings (SSSR count). The van der Waals surface area contributed by atoms with Gasteiger partial charge in [-0.2, -0.15) is 0 Å². The number of alkyl halides is 1. The lowest BCUT2D eigenvalue weighted by molar-refractivity contribution is -0.121. The molecule has 0 spiro atoms. The van der Waals surface area contributed by atoms with Gasteiger partial charge >= 0.3 is 0 Å². The minimum Gasteiger partial charge on any atom is -0.352 e. The summed E-state index contributed by atoms with van der Waals surface area (Å²) in [6, 6.07) is 5.95. The highest BCUT2D eigenvalue weighted by Gasteiger charge is 2.27. The van der Waals surface area contributed by atoms with Gasteiger partial charge in [0.15, 0.2) is 0 Å². The van der Waals surface area contributed by atoms with Gasteiger partial charge in [0.1, 0.15) is 11.2 Å². The van der Waals surface area contributed by atoms with Crippen LogP contribution in [0.15, 0.2) is 24.3 Å². The first-order valence-corrected chi connectivity index (χ1v) is 5.30. The summed E-state index contributed by atoms with van der Waals surface area (Å²) in [5, 5.41) is 2.07. The molecule has 0 aliphatic heterocycles. The van der Waals surface area contributed by atoms with Gasteiger partial charge < -0.3 is 5.32 Å². The van der Waals surface area contributed by atoms with E-state index in [-0.39, 0.29) is 11.7 Å². The van der Waals surface area contributed by atoms with Crippen molar-refractivity contribution in [2.75, 3.05) is 0 Å². The molecule has 0 radical (unpaired) electrons. The summed E-state index contributed by atoms with van der Waals surface area (Å²) in [5.41, 5.74) is 0.621. The Morgan fingerprint density at radius 1 is 1.40 bits per heavy atom. The first-order valence-electron chi connectivity index (χ1n) is 4.87. The minimum atomic E-state index is -0.730. The van der Waals surface area contributed by atoms with E-state index in [0.29, 0.717) is 11.6 Å². The molecule has 1 aliphatic carbocycles. The fraction of sp³-hybridized carbons (Fsp3) is 0.364. The fourth-order valence-corrected chi connectivity index (χ4v) is 1.49. The maximum Gasteiger partial charge on any atom is 0.242 e. The fourth-order valence-electron chi connectivity index (χ4n) is 1.29. The largest absolute Gasteiger partial charge is 0.352 e. The number of hydrogen-bond donors (Lipinski definition) is 1. The molecule has 1 aromatic carbocycles. The van der Waals surface area contributed by atoms with Gasteiger partial charge in [0.2, 0.25) is 5.91 Å². The smallest absolute Gasteiger partial charge is 0.242 e. The van der Waals surface area contributed by atoms with Crippen LogP contribution in [-0.4, -0.2) is 11.9 Å². The van der Waals surface area contributed by atoms with Crippen molar-refractivity contribution in [3.8, 4) is 0 Å². The third kappa shape index (κ3) is 2.69. The van der Waals surface area contributed by atoms with Crippen LogP contribution in [0.25, 0.3) is 0 Å². The molecule has 0 heterocycles. The highest BCUT2D eigenvalue weighted by atomic mass is 35.5. The van der Waals surface area contributed by atoms with Crippen LogP contribution < -0.4 is 5.32 Å². The van der Waals surface area contributed by atoms with Gasteiger partial charge in [-0.05, 0) is 30.5 Å². The summed E-state index contributed by atoms with van der Waals surface area (Å²) in [6.45, 7) is 0. The topological polar surface area (TPSA) is 29.1 Å². The van der Waals surface area contributed by atoms with Crippen molar-refractivity contribution >= 4 is 17.5 Å². The van der Waals surface area contributed by atoms with Crippen molar-refractivity contribution < 1.29 is 9.18 Å². The second-order valence-electron chi connectivity index (χ2n) is 3.70. The van der Waals surface area contributed by atoms with Crippen LogP contribution in [0.3, 0.4) is 0 Å². The van der Waals surface area contributed by atoms with Gasteiger partial charge in [-0.15, -0.1) is 11.6 Å². The molecular weight excluding hydrogens is 217 g/mol. The molecular formula is C11H11ClFNO. The minimum absolute atomic E-state index is 0.203. The Morgan fingerprint density at radius 3 is 2.53 bits per heavy atom. The molecule has 0 bridgehead atoms. The summed E-state index contributed by atoms with van der Waals surface area (Å²) in [7, 11) is 0. The number of amides is 1. The van der Waals surface area contributed by atoms with E-state index < -0.39 is 5.38 Å². The predicted molar refractivity (Wildman–Crippen MR) is 56.2 cm³/mol. The third-order valence-corrected chi connectivity index (χ3v) is 2.77. The zero-order valence-electron chi connectivity index (χ0n) is 8.04. The van der Waals surface area contributed by atoms with Crippen LogP contribution in [0.5, 0.6) is 0 Å². The molecule has 0 unspecified atom stereocenters. The van der Waals surface area contributed by atoms with Gasteiger partial charge in [0.05, 0.1) is 0 Å². The van der Waals surface area contributed by atoms with E-state index in [2.05, 4.69) is 5.32 Å². The normalized spacial score (nSPS) is 17.2. The SMILES string of the molecule is O=C(NC1CC1)[C@H](Cl)c1ccc(F)cc1. The molecule has 1 aromatic rings. The van der Waals surface area contributed by atoms with Gasteiger partial charge in [0.25, 0.3) is 0 Å². The number of hydrogen-bond acceptors (Lipinski definition) is 1. The average molecular weight is 228 g/mol. The molecule has 1 amide bonds. The standard InChI is InChI=1S/C11H11ClFNO/c12-10(11(15)14-9-5-6-9)7-1-3-8(13)4-2-7/h1-4,9-10H,5-6H2,(H,14,15)/t10-/m1/s1. The van der Waals surface area contributed by atoms with Gasteiger partial charge in [0, 0.05) is 6.04 Å². The van der Waals surface area contributed by atoms with Crippen LogP contribution in [0.2, 0.25) is 0 Å². The molecule has 80 valence electrons. The quantitative estimate of drug-likeness (QED) is 0.790. The van der Waals surface area contributed by atoms with Crippen molar-refractivity contribution in [1.82, 2.24) is 5.32 Å². The molecule has 4 heteroatoms. The Morgan fingerprint density at radius 2 is 2.00 bits per heavy atom. The van der Waals surface area contributed by atoms with Crippen LogP contribution in [0.4, 0.5) is 4.39 Å². The number of benzene rings is 1. The number of carbonyl (C=O) groups excluding carboxylic acids is 1. The number of halogens is 2. The Kier molecular flexibility index (Phi) is 2.91. The first-order chi connectivity index (χ1) is 7.16. The molecule has 0 aromatic heterocycles. The maximum atomic E-state index is 12.6. The molecule has 1 fully saturated rings. The van der Waals surface area contributed by atoms with E-state index in [1.807, 2.05) is 0 Å². The van der Waals surface area contributed by atoms with E-state index in [9.17, 15) is 9.18 Å². The van der Waals surface area contributed by atoms with Gasteiger partial charge in [-0.25, -0.2) is 4.39 Å². The second-order valence-corrected chi connectivity index (χ2v) is 4.13. The van der Waals surface area contributed by atoms with Crippen molar-refractivity contribution in [1.29, 1.82) is 0 Å². The summed E-state index contributed by atoms with van der Waals surface area (Å²) >= 11 is 5.95. The van der Waals surface area contributed by atoms with Crippen molar-refractivity contribution in [3.63, 3.8) is 0 Å². The Hall–Kier alpha value is -1.09. The van der Waals surface area contributed by atoms with Crippen LogP contribution in [-0.2, 0) is 4.79 Å². The molecule has 1 atom stereocenters. The molecule has 1 N–H and O–H groups in total. The zero-order chi connectivity index (χ0) is 10.8. The maximum absolute atomic E-state index is 12.6.